The third kappa shape index (κ3) is 3.58. The van der Waals surface area contributed by atoms with Gasteiger partial charge in [0.05, 0.1) is 10.0 Å². The van der Waals surface area contributed by atoms with Gasteiger partial charge in [-0.3, -0.25) is 0 Å². The number of fused-ring (bicyclic) bond motifs is 3. The summed E-state index contributed by atoms with van der Waals surface area (Å²) >= 11 is 7.16. The van der Waals surface area contributed by atoms with E-state index in [1.165, 1.54) is 17.0 Å². The second-order valence-electron chi connectivity index (χ2n) is 7.72. The fourth-order valence-corrected chi connectivity index (χ4v) is 5.28. The molecule has 6 nitrogen and oxygen atoms in total. The van der Waals surface area contributed by atoms with E-state index in [1.54, 1.807) is 18.3 Å². The predicted octanol–water partition coefficient (Wildman–Crippen LogP) is 5.22. The molecule has 3 aromatic heterocycles. The molecule has 0 N–H and O–H groups in total. The highest BCUT2D eigenvalue weighted by Crippen LogP contribution is 2.35. The Hall–Kier alpha value is -2.90. The summed E-state index contributed by atoms with van der Waals surface area (Å²) in [5.74, 6) is 0.563. The number of aromatic nitrogens is 3. The summed E-state index contributed by atoms with van der Waals surface area (Å²) in [7, 11) is 2.08. The Balaban J connectivity index is 1.58. The van der Waals surface area contributed by atoms with Crippen molar-refractivity contribution in [3.05, 3.63) is 75.1 Å². The molecule has 1 atom stereocenters. The zero-order chi connectivity index (χ0) is 21.5. The molecular formula is C23H21ClN4O2S. The number of oxime groups is 1. The van der Waals surface area contributed by atoms with Crippen LogP contribution in [-0.2, 0) is 24.9 Å². The summed E-state index contributed by atoms with van der Waals surface area (Å²) in [6.45, 7) is 2.72. The molecule has 0 aliphatic heterocycles. The molecule has 1 aromatic carbocycles. The van der Waals surface area contributed by atoms with Crippen LogP contribution in [0.25, 0.3) is 10.9 Å². The molecule has 0 amide bonds. The molecule has 0 saturated carbocycles. The van der Waals surface area contributed by atoms with Crippen LogP contribution in [0.4, 0.5) is 0 Å². The van der Waals surface area contributed by atoms with Gasteiger partial charge in [-0.05, 0) is 38.0 Å². The topological polar surface area (TPSA) is 61.4 Å². The van der Waals surface area contributed by atoms with Crippen LogP contribution in [0.15, 0.2) is 53.9 Å². The lowest BCUT2D eigenvalue weighted by atomic mass is 9.84. The number of nitrogens with zero attached hydrogens (tertiary/aromatic N) is 4. The molecule has 3 heterocycles. The number of imidazole rings is 1. The van der Waals surface area contributed by atoms with Gasteiger partial charge in [-0.2, -0.15) is 0 Å². The molecule has 8 heteroatoms. The molecule has 1 aliphatic rings. The number of hydrogen-bond acceptors (Lipinski definition) is 5. The highest BCUT2D eigenvalue weighted by molar-refractivity contribution is 7.17. The molecule has 5 rings (SSSR count). The van der Waals surface area contributed by atoms with E-state index in [1.807, 2.05) is 25.3 Å². The minimum absolute atomic E-state index is 0.103. The van der Waals surface area contributed by atoms with Gasteiger partial charge in [-0.15, -0.1) is 11.3 Å². The quantitative estimate of drug-likeness (QED) is 0.315. The van der Waals surface area contributed by atoms with Crippen LogP contribution in [0.5, 0.6) is 0 Å². The maximum atomic E-state index is 12.6. The van der Waals surface area contributed by atoms with E-state index >= 15 is 0 Å². The van der Waals surface area contributed by atoms with E-state index in [4.69, 9.17) is 16.4 Å². The van der Waals surface area contributed by atoms with Crippen molar-refractivity contribution in [3.8, 4) is 0 Å². The van der Waals surface area contributed by atoms with E-state index in [9.17, 15) is 4.79 Å². The zero-order valence-electron chi connectivity index (χ0n) is 17.2. The lowest BCUT2D eigenvalue weighted by Crippen LogP contribution is -2.28. The van der Waals surface area contributed by atoms with Crippen molar-refractivity contribution in [1.29, 1.82) is 0 Å². The molecule has 158 valence electrons. The first-order chi connectivity index (χ1) is 15.0. The van der Waals surface area contributed by atoms with Gasteiger partial charge in [0.1, 0.15) is 10.7 Å². The van der Waals surface area contributed by atoms with E-state index < -0.39 is 5.97 Å². The molecule has 1 aliphatic carbocycles. The number of carbonyl (C=O) groups is 1. The first kappa shape index (κ1) is 20.0. The minimum Gasteiger partial charge on any atom is -0.347 e. The molecule has 31 heavy (non-hydrogen) atoms. The maximum absolute atomic E-state index is 12.6. The van der Waals surface area contributed by atoms with Crippen molar-refractivity contribution in [2.75, 3.05) is 0 Å². The summed E-state index contributed by atoms with van der Waals surface area (Å²) in [4.78, 5) is 22.8. The Morgan fingerprint density at radius 2 is 2.16 bits per heavy atom. The third-order valence-corrected chi connectivity index (χ3v) is 7.15. The first-order valence-electron chi connectivity index (χ1n) is 10.1. The second kappa shape index (κ2) is 7.98. The van der Waals surface area contributed by atoms with Crippen molar-refractivity contribution >= 4 is 45.5 Å². The van der Waals surface area contributed by atoms with Gasteiger partial charge in [0.15, 0.2) is 0 Å². The second-order valence-corrected chi connectivity index (χ2v) is 9.43. The van der Waals surface area contributed by atoms with Gasteiger partial charge in [0.2, 0.25) is 0 Å². The van der Waals surface area contributed by atoms with Gasteiger partial charge in [0, 0.05) is 54.1 Å². The largest absolute Gasteiger partial charge is 0.375 e. The molecule has 0 radical (unpaired) electrons. The number of para-hydroxylation sites is 1. The van der Waals surface area contributed by atoms with Gasteiger partial charge in [-0.25, -0.2) is 9.78 Å². The summed E-state index contributed by atoms with van der Waals surface area (Å²) in [5, 5.41) is 5.57. The van der Waals surface area contributed by atoms with Crippen LogP contribution < -0.4 is 0 Å². The number of aryl methyl sites for hydroxylation is 2. The van der Waals surface area contributed by atoms with Gasteiger partial charge in [-0.1, -0.05) is 35.0 Å². The van der Waals surface area contributed by atoms with Crippen molar-refractivity contribution in [3.63, 3.8) is 0 Å². The molecule has 0 bridgehead atoms. The fraction of sp³-hybridized carbons (Fsp3) is 0.261. The molecule has 0 fully saturated rings. The lowest BCUT2D eigenvalue weighted by Gasteiger charge is -2.25. The van der Waals surface area contributed by atoms with E-state index in [0.29, 0.717) is 9.21 Å². The smallest absolute Gasteiger partial charge is 0.347 e. The average Bonchev–Trinajstić information content (AvgIpc) is 3.46. The van der Waals surface area contributed by atoms with Crippen LogP contribution in [0.1, 0.15) is 33.2 Å². The van der Waals surface area contributed by atoms with Crippen LogP contribution in [0, 0.1) is 12.8 Å². The molecule has 0 spiro atoms. The summed E-state index contributed by atoms with van der Waals surface area (Å²) in [6, 6.07) is 11.6. The van der Waals surface area contributed by atoms with Crippen molar-refractivity contribution in [1.82, 2.24) is 14.1 Å². The monoisotopic (exact) mass is 452 g/mol. The average molecular weight is 453 g/mol. The number of hydrogen-bond donors (Lipinski definition) is 0. The number of thiophene rings is 1. The molecule has 0 saturated heterocycles. The predicted molar refractivity (Wildman–Crippen MR) is 123 cm³/mol. The molecule has 4 aromatic rings. The van der Waals surface area contributed by atoms with Gasteiger partial charge < -0.3 is 14.0 Å². The Morgan fingerprint density at radius 1 is 1.32 bits per heavy atom. The van der Waals surface area contributed by atoms with Crippen LogP contribution in [0.2, 0.25) is 4.34 Å². The number of benzene rings is 1. The van der Waals surface area contributed by atoms with Crippen LogP contribution >= 0.6 is 22.9 Å². The lowest BCUT2D eigenvalue weighted by molar-refractivity contribution is 0.0519. The number of carbonyl (C=O) groups excluding carboxylic acids is 1. The highest BCUT2D eigenvalue weighted by atomic mass is 35.5. The SMILES string of the molecule is Cc1nccn1CC1CCc2c(c3ccccc3n2C)/C1=N/OC(=O)c1ccc(Cl)s1. The third-order valence-electron chi connectivity index (χ3n) is 5.94. The Morgan fingerprint density at radius 3 is 2.90 bits per heavy atom. The number of rotatable bonds is 4. The zero-order valence-corrected chi connectivity index (χ0v) is 18.8. The summed E-state index contributed by atoms with van der Waals surface area (Å²) in [6.07, 6.45) is 5.63. The minimum atomic E-state index is -0.491. The molecule has 1 unspecified atom stereocenters. The van der Waals surface area contributed by atoms with Crippen molar-refractivity contribution < 1.29 is 9.63 Å². The summed E-state index contributed by atoms with van der Waals surface area (Å²) < 4.78 is 4.89. The molecular weight excluding hydrogens is 432 g/mol. The van der Waals surface area contributed by atoms with E-state index in [-0.39, 0.29) is 5.92 Å². The van der Waals surface area contributed by atoms with Crippen LogP contribution in [0.3, 0.4) is 0 Å². The Bertz CT molecular complexity index is 1320. The standard InChI is InChI=1S/C23H21ClN4O2S/c1-14-25-11-12-28(14)13-15-7-8-18-21(16-5-3-4-6-17(16)27(18)2)22(15)26-30-23(29)19-9-10-20(24)31-19/h3-6,9-12,15H,7-8,13H2,1-2H3/b26-22+. The summed E-state index contributed by atoms with van der Waals surface area (Å²) in [5.41, 5.74) is 4.25. The van der Waals surface area contributed by atoms with Crippen molar-refractivity contribution in [2.24, 2.45) is 18.1 Å². The number of halogens is 1. The Labute approximate surface area is 188 Å². The van der Waals surface area contributed by atoms with E-state index in [0.717, 1.165) is 47.4 Å². The first-order valence-corrected chi connectivity index (χ1v) is 11.3. The van der Waals surface area contributed by atoms with Crippen LogP contribution in [-0.4, -0.2) is 25.8 Å². The maximum Gasteiger partial charge on any atom is 0.375 e. The fourth-order valence-electron chi connectivity index (χ4n) is 4.37. The normalized spacial score (nSPS) is 17.3. The Kier molecular flexibility index (Phi) is 5.16. The highest BCUT2D eigenvalue weighted by Gasteiger charge is 2.32. The van der Waals surface area contributed by atoms with E-state index in [2.05, 4.69) is 38.5 Å². The van der Waals surface area contributed by atoms with Crippen molar-refractivity contribution in [2.45, 2.75) is 26.3 Å². The van der Waals surface area contributed by atoms with Gasteiger partial charge >= 0.3 is 5.97 Å². The van der Waals surface area contributed by atoms with Gasteiger partial charge in [0.25, 0.3) is 0 Å².